The first-order chi connectivity index (χ1) is 22.8. The second kappa shape index (κ2) is 12.0. The summed E-state index contributed by atoms with van der Waals surface area (Å²) < 4.78 is 33.7. The van der Waals surface area contributed by atoms with E-state index in [2.05, 4.69) is 46.9 Å². The zero-order chi connectivity index (χ0) is 35.6. The number of hydrogen-bond acceptors (Lipinski definition) is 8. The molecule has 49 heavy (non-hydrogen) atoms. The van der Waals surface area contributed by atoms with Crippen LogP contribution in [0.2, 0.25) is 0 Å². The molecule has 2 unspecified atom stereocenters. The Kier molecular flexibility index (Phi) is 8.42. The number of hydrogen-bond donors (Lipinski definition) is 4. The molecule has 2 atom stereocenters. The number of pyridine rings is 1. The smallest absolute Gasteiger partial charge is 0.295 e. The Bertz CT molecular complexity index is 2250. The highest BCUT2D eigenvalue weighted by molar-refractivity contribution is 7.86. The van der Waals surface area contributed by atoms with Gasteiger partial charge in [0.15, 0.2) is 11.6 Å². The van der Waals surface area contributed by atoms with Gasteiger partial charge in [0.1, 0.15) is 22.8 Å². The average molecular weight is 681 g/mol. The summed E-state index contributed by atoms with van der Waals surface area (Å²) in [5, 5.41) is 26.7. The molecule has 0 fully saturated rings. The molecule has 0 bridgehead atoms. The predicted octanol–water partition coefficient (Wildman–Crippen LogP) is 7.46. The number of fused-ring (bicyclic) bond motifs is 3. The fourth-order valence-corrected chi connectivity index (χ4v) is 7.31. The lowest BCUT2D eigenvalue weighted by Crippen LogP contribution is -2.21. The van der Waals surface area contributed by atoms with Gasteiger partial charge in [-0.15, -0.1) is 0 Å². The third-order valence-corrected chi connectivity index (χ3v) is 10.1. The van der Waals surface area contributed by atoms with Gasteiger partial charge < -0.3 is 15.5 Å². The lowest BCUT2D eigenvalue weighted by molar-refractivity contribution is 0.0888. The number of phenols is 1. The van der Waals surface area contributed by atoms with E-state index >= 15 is 0 Å². The molecule has 0 spiro atoms. The number of para-hydroxylation sites is 1. The number of carbonyl (C=O) groups is 2. The largest absolute Gasteiger partial charge is 0.507 e. The van der Waals surface area contributed by atoms with E-state index in [1.807, 2.05) is 24.3 Å². The molecule has 4 N–H and O–H groups in total. The van der Waals surface area contributed by atoms with Crippen molar-refractivity contribution in [3.8, 4) is 5.75 Å². The maximum Gasteiger partial charge on any atom is 0.295 e. The standard InChI is InChI=1S/C39H40N2O7S/c1-38(2,3)27-17-21(18-28(37(27)45)39(4,5)6)13-16-32(42)40-30-11-7-9-22-14-15-29(41-34(22)30)33-35(43)25-19-23-10-8-12-31(49(46,47)48)24(23)20-26(25)36(33)44/h7-12,14-15,17-20,32-33,40,42,45H,13,16H2,1-6H3,(H,46,47,48). The topological polar surface area (TPSA) is 154 Å². The molecule has 1 aliphatic rings. The van der Waals surface area contributed by atoms with Crippen LogP contribution in [0.25, 0.3) is 21.7 Å². The van der Waals surface area contributed by atoms with Gasteiger partial charge in [-0.25, -0.2) is 4.98 Å². The van der Waals surface area contributed by atoms with E-state index in [0.717, 1.165) is 22.1 Å². The molecule has 0 saturated carbocycles. The quantitative estimate of drug-likeness (QED) is 0.0779. The van der Waals surface area contributed by atoms with Crippen molar-refractivity contribution in [2.45, 2.75) is 82.3 Å². The minimum Gasteiger partial charge on any atom is -0.507 e. The molecule has 1 aromatic heterocycles. The van der Waals surface area contributed by atoms with Gasteiger partial charge in [0.2, 0.25) is 0 Å². The molecule has 254 valence electrons. The third-order valence-electron chi connectivity index (χ3n) is 9.16. The van der Waals surface area contributed by atoms with Crippen LogP contribution in [0.5, 0.6) is 5.75 Å². The lowest BCUT2D eigenvalue weighted by atomic mass is 9.78. The number of nitrogens with zero attached hydrogens (tertiary/aromatic N) is 1. The van der Waals surface area contributed by atoms with Crippen molar-refractivity contribution in [3.63, 3.8) is 0 Å². The van der Waals surface area contributed by atoms with E-state index in [0.29, 0.717) is 35.2 Å². The van der Waals surface area contributed by atoms with Crippen molar-refractivity contribution in [1.29, 1.82) is 0 Å². The molecule has 9 nitrogen and oxygen atoms in total. The number of aromatic nitrogens is 1. The van der Waals surface area contributed by atoms with Crippen LogP contribution < -0.4 is 5.32 Å². The number of rotatable bonds is 7. The molecule has 1 heterocycles. The monoisotopic (exact) mass is 680 g/mol. The van der Waals surface area contributed by atoms with Gasteiger partial charge in [0, 0.05) is 21.9 Å². The van der Waals surface area contributed by atoms with Crippen molar-refractivity contribution in [2.24, 2.45) is 0 Å². The van der Waals surface area contributed by atoms with E-state index in [1.54, 1.807) is 24.3 Å². The summed E-state index contributed by atoms with van der Waals surface area (Å²) in [6.07, 6.45) is -0.0484. The number of Topliss-reactive ketones (excluding diaryl/α,β-unsaturated/α-hetero) is 2. The molecule has 10 heteroatoms. The zero-order valence-electron chi connectivity index (χ0n) is 28.3. The van der Waals surface area contributed by atoms with Crippen molar-refractivity contribution < 1.29 is 32.8 Å². The van der Waals surface area contributed by atoms with Gasteiger partial charge in [-0.2, -0.15) is 8.42 Å². The van der Waals surface area contributed by atoms with Crippen molar-refractivity contribution >= 4 is 49.0 Å². The van der Waals surface area contributed by atoms with E-state index in [-0.39, 0.29) is 37.9 Å². The number of carbonyl (C=O) groups excluding carboxylic acids is 2. The number of aryl methyl sites for hydroxylation is 1. The second-order valence-corrected chi connectivity index (χ2v) is 16.3. The van der Waals surface area contributed by atoms with Crippen LogP contribution in [-0.4, -0.2) is 46.0 Å². The Balaban J connectivity index is 1.28. The van der Waals surface area contributed by atoms with Gasteiger partial charge in [-0.05, 0) is 76.1 Å². The predicted molar refractivity (Wildman–Crippen MR) is 190 cm³/mol. The average Bonchev–Trinajstić information content (AvgIpc) is 3.25. The molecule has 0 saturated heterocycles. The molecular formula is C39H40N2O7S. The molecule has 4 aromatic carbocycles. The molecule has 5 aromatic rings. The van der Waals surface area contributed by atoms with Crippen LogP contribution in [0.1, 0.15) is 97.0 Å². The summed E-state index contributed by atoms with van der Waals surface area (Å²) in [5.41, 5.74) is 3.63. The lowest BCUT2D eigenvalue weighted by Gasteiger charge is -2.28. The third kappa shape index (κ3) is 6.44. The number of nitrogens with one attached hydrogen (secondary N) is 1. The van der Waals surface area contributed by atoms with Crippen LogP contribution >= 0.6 is 0 Å². The highest BCUT2D eigenvalue weighted by Gasteiger charge is 2.41. The van der Waals surface area contributed by atoms with Gasteiger partial charge in [-0.1, -0.05) is 84.0 Å². The van der Waals surface area contributed by atoms with Gasteiger partial charge in [-0.3, -0.25) is 14.1 Å². The summed E-state index contributed by atoms with van der Waals surface area (Å²) in [6, 6.07) is 20.0. The molecular weight excluding hydrogens is 641 g/mol. The minimum absolute atomic E-state index is 0.0702. The second-order valence-electron chi connectivity index (χ2n) is 14.9. The Hall–Kier alpha value is -4.64. The first kappa shape index (κ1) is 34.2. The summed E-state index contributed by atoms with van der Waals surface area (Å²) in [5.74, 6) is -1.89. The highest BCUT2D eigenvalue weighted by Crippen LogP contribution is 2.41. The first-order valence-corrected chi connectivity index (χ1v) is 17.6. The number of benzene rings is 4. The number of aliphatic hydroxyl groups excluding tert-OH is 1. The summed E-state index contributed by atoms with van der Waals surface area (Å²) in [6.45, 7) is 12.4. The molecule has 6 rings (SSSR count). The van der Waals surface area contributed by atoms with Gasteiger partial charge in [0.05, 0.1) is 16.9 Å². The van der Waals surface area contributed by atoms with Crippen LogP contribution in [0.4, 0.5) is 5.69 Å². The highest BCUT2D eigenvalue weighted by atomic mass is 32.2. The molecule has 1 aliphatic carbocycles. The molecule has 0 amide bonds. The minimum atomic E-state index is -4.57. The Morgan fingerprint density at radius 3 is 2.02 bits per heavy atom. The van der Waals surface area contributed by atoms with Gasteiger partial charge in [0.25, 0.3) is 10.1 Å². The number of anilines is 1. The summed E-state index contributed by atoms with van der Waals surface area (Å²) in [4.78, 5) is 31.7. The van der Waals surface area contributed by atoms with Crippen LogP contribution in [-0.2, 0) is 27.4 Å². The Labute approximate surface area is 285 Å². The van der Waals surface area contributed by atoms with E-state index in [1.165, 1.54) is 24.3 Å². The van der Waals surface area contributed by atoms with Crippen molar-refractivity contribution in [2.75, 3.05) is 5.32 Å². The Morgan fingerprint density at radius 2 is 1.41 bits per heavy atom. The maximum absolute atomic E-state index is 13.7. The van der Waals surface area contributed by atoms with Crippen LogP contribution in [0, 0.1) is 0 Å². The summed E-state index contributed by atoms with van der Waals surface area (Å²) >= 11 is 0. The number of aromatic hydroxyl groups is 1. The number of aliphatic hydroxyl groups is 1. The van der Waals surface area contributed by atoms with E-state index < -0.39 is 33.8 Å². The Morgan fingerprint density at radius 1 is 0.816 bits per heavy atom. The maximum atomic E-state index is 13.7. The first-order valence-electron chi connectivity index (χ1n) is 16.2. The summed E-state index contributed by atoms with van der Waals surface area (Å²) in [7, 11) is -4.57. The fourth-order valence-electron chi connectivity index (χ4n) is 6.60. The number of phenolic OH excluding ortho intramolecular Hbond substituents is 1. The number of ketones is 2. The van der Waals surface area contributed by atoms with Crippen LogP contribution in [0.3, 0.4) is 0 Å². The normalized spacial score (nSPS) is 16.0. The van der Waals surface area contributed by atoms with Crippen molar-refractivity contribution in [1.82, 2.24) is 4.98 Å². The molecule has 0 aliphatic heterocycles. The van der Waals surface area contributed by atoms with E-state index in [9.17, 15) is 32.8 Å². The molecule has 0 radical (unpaired) electrons. The van der Waals surface area contributed by atoms with E-state index in [4.69, 9.17) is 4.98 Å². The zero-order valence-corrected chi connectivity index (χ0v) is 29.1. The van der Waals surface area contributed by atoms with Gasteiger partial charge >= 0.3 is 0 Å². The fraction of sp³-hybridized carbons (Fsp3) is 0.308. The van der Waals surface area contributed by atoms with Crippen LogP contribution in [0.15, 0.2) is 77.7 Å². The SMILES string of the molecule is CC(C)(C)c1cc(CCC(O)Nc2cccc3ccc(C4C(=O)c5cc6cccc(S(=O)(=O)O)c6cc5C4=O)nc23)cc(C(C)(C)C)c1O. The van der Waals surface area contributed by atoms with Crippen molar-refractivity contribution in [3.05, 3.63) is 106 Å².